The fourth-order valence-electron chi connectivity index (χ4n) is 3.07. The van der Waals surface area contributed by atoms with Crippen molar-refractivity contribution >= 4 is 17.2 Å². The summed E-state index contributed by atoms with van der Waals surface area (Å²) in [5.41, 5.74) is 1.33. The van der Waals surface area contributed by atoms with Crippen molar-refractivity contribution in [1.29, 1.82) is 0 Å². The predicted molar refractivity (Wildman–Crippen MR) is 78.3 cm³/mol. The second kappa shape index (κ2) is 5.47. The van der Waals surface area contributed by atoms with Crippen molar-refractivity contribution in [3.63, 3.8) is 0 Å². The van der Waals surface area contributed by atoms with Crippen LogP contribution >= 0.6 is 11.3 Å². The molecule has 1 amide bonds. The minimum Gasteiger partial charge on any atom is -0.334 e. The highest BCUT2D eigenvalue weighted by atomic mass is 32.1. The average Bonchev–Trinajstić information content (AvgIpc) is 2.85. The summed E-state index contributed by atoms with van der Waals surface area (Å²) < 4.78 is 0. The normalized spacial score (nSPS) is 27.2. The van der Waals surface area contributed by atoms with Crippen LogP contribution in [0.1, 0.15) is 35.7 Å². The summed E-state index contributed by atoms with van der Waals surface area (Å²) >= 11 is 1.70. The molecule has 3 nitrogen and oxygen atoms in total. The zero-order valence-electron chi connectivity index (χ0n) is 11.3. The van der Waals surface area contributed by atoms with Gasteiger partial charge >= 0.3 is 0 Å². The van der Waals surface area contributed by atoms with Crippen molar-refractivity contribution in [2.24, 2.45) is 0 Å². The van der Waals surface area contributed by atoms with Crippen LogP contribution in [-0.2, 0) is 11.2 Å². The Balaban J connectivity index is 1.89. The van der Waals surface area contributed by atoms with Crippen molar-refractivity contribution < 1.29 is 4.79 Å². The predicted octanol–water partition coefficient (Wildman–Crippen LogP) is 2.50. The van der Waals surface area contributed by atoms with Crippen molar-refractivity contribution in [1.82, 2.24) is 10.2 Å². The van der Waals surface area contributed by atoms with Crippen LogP contribution in [-0.4, -0.2) is 30.4 Å². The van der Waals surface area contributed by atoms with E-state index in [4.69, 9.17) is 0 Å². The van der Waals surface area contributed by atoms with Gasteiger partial charge in [-0.2, -0.15) is 0 Å². The number of carbonyl (C=O) groups excluding carboxylic acids is 1. The van der Waals surface area contributed by atoms with E-state index in [-0.39, 0.29) is 11.9 Å². The number of rotatable bonds is 2. The molecule has 0 spiro atoms. The molecule has 19 heavy (non-hydrogen) atoms. The van der Waals surface area contributed by atoms with Crippen LogP contribution in [0, 0.1) is 0 Å². The quantitative estimate of drug-likeness (QED) is 0.842. The number of carbonyl (C=O) groups is 1. The number of likely N-dealkylation sites (N-methyl/N-ethyl adjacent to an activating group) is 1. The van der Waals surface area contributed by atoms with E-state index in [1.165, 1.54) is 16.9 Å². The van der Waals surface area contributed by atoms with Crippen LogP contribution in [0.4, 0.5) is 0 Å². The van der Waals surface area contributed by atoms with Crippen molar-refractivity contribution in [2.45, 2.75) is 37.8 Å². The lowest BCUT2D eigenvalue weighted by Gasteiger charge is -2.32. The van der Waals surface area contributed by atoms with Gasteiger partial charge in [0.05, 0.1) is 6.04 Å². The van der Waals surface area contributed by atoms with Gasteiger partial charge in [0.2, 0.25) is 5.91 Å². The van der Waals surface area contributed by atoms with Gasteiger partial charge in [-0.1, -0.05) is 12.2 Å². The van der Waals surface area contributed by atoms with Crippen LogP contribution in [0.5, 0.6) is 0 Å². The zero-order valence-corrected chi connectivity index (χ0v) is 12.1. The van der Waals surface area contributed by atoms with Crippen molar-refractivity contribution in [2.75, 3.05) is 13.6 Å². The number of nitrogens with one attached hydrogen (secondary N) is 1. The van der Waals surface area contributed by atoms with E-state index < -0.39 is 0 Å². The Morgan fingerprint density at radius 1 is 1.47 bits per heavy atom. The summed E-state index contributed by atoms with van der Waals surface area (Å²) in [6, 6.07) is 2.30. The summed E-state index contributed by atoms with van der Waals surface area (Å²) in [7, 11) is 1.88. The highest BCUT2D eigenvalue weighted by Crippen LogP contribution is 2.31. The molecule has 2 aliphatic rings. The maximum absolute atomic E-state index is 12.8. The Hall–Kier alpha value is -1.13. The molecule has 0 saturated heterocycles. The minimum atomic E-state index is -0.159. The third-order valence-corrected chi connectivity index (χ3v) is 5.14. The number of allylic oxidation sites excluding steroid dienone is 1. The first-order chi connectivity index (χ1) is 9.31. The molecule has 0 fully saturated rings. The van der Waals surface area contributed by atoms with Gasteiger partial charge in [0.15, 0.2) is 0 Å². The monoisotopic (exact) mass is 276 g/mol. The van der Waals surface area contributed by atoms with Gasteiger partial charge < -0.3 is 10.2 Å². The van der Waals surface area contributed by atoms with E-state index in [2.05, 4.69) is 33.8 Å². The molecule has 1 aromatic heterocycles. The molecule has 4 heteroatoms. The van der Waals surface area contributed by atoms with Crippen LogP contribution in [0.2, 0.25) is 0 Å². The topological polar surface area (TPSA) is 32.3 Å². The number of hydrogen-bond acceptors (Lipinski definition) is 3. The molecule has 1 N–H and O–H groups in total. The molecule has 0 radical (unpaired) electrons. The van der Waals surface area contributed by atoms with E-state index >= 15 is 0 Å². The largest absolute Gasteiger partial charge is 0.334 e. The van der Waals surface area contributed by atoms with Gasteiger partial charge in [-0.25, -0.2) is 0 Å². The fourth-order valence-corrected chi connectivity index (χ4v) is 4.13. The highest BCUT2D eigenvalue weighted by Gasteiger charge is 2.33. The Kier molecular flexibility index (Phi) is 3.71. The summed E-state index contributed by atoms with van der Waals surface area (Å²) in [6.45, 7) is 0.843. The molecule has 3 rings (SSSR count). The first-order valence-corrected chi connectivity index (χ1v) is 7.90. The van der Waals surface area contributed by atoms with Crippen LogP contribution < -0.4 is 5.32 Å². The van der Waals surface area contributed by atoms with Crippen LogP contribution in [0.3, 0.4) is 0 Å². The standard InChI is InChI=1S/C15H20N2OS/c1-16-13-14-11(8-10-19-14)7-9-17(15(13)18)12-5-3-2-4-6-12/h3,5,8,10,12-13,16H,2,4,6-7,9H2,1H3. The number of hydrogen-bond donors (Lipinski definition) is 1. The Morgan fingerprint density at radius 3 is 3.11 bits per heavy atom. The molecular weight excluding hydrogens is 256 g/mol. The summed E-state index contributed by atoms with van der Waals surface area (Å²) in [5.74, 6) is 0.236. The second-order valence-electron chi connectivity index (χ2n) is 5.24. The first-order valence-electron chi connectivity index (χ1n) is 7.02. The molecule has 0 aromatic carbocycles. The number of thiophene rings is 1. The molecule has 2 heterocycles. The van der Waals surface area contributed by atoms with E-state index in [1.807, 2.05) is 7.05 Å². The number of nitrogens with zero attached hydrogens (tertiary/aromatic N) is 1. The van der Waals surface area contributed by atoms with Gasteiger partial charge in [-0.3, -0.25) is 4.79 Å². The van der Waals surface area contributed by atoms with Crippen LogP contribution in [0.25, 0.3) is 0 Å². The van der Waals surface area contributed by atoms with Gasteiger partial charge in [0, 0.05) is 11.4 Å². The van der Waals surface area contributed by atoms with Crippen molar-refractivity contribution in [3.8, 4) is 0 Å². The molecule has 2 atom stereocenters. The number of amides is 1. The Labute approximate surface area is 118 Å². The van der Waals surface area contributed by atoms with Gasteiger partial charge in [0.25, 0.3) is 0 Å². The Bertz CT molecular complexity index is 494. The van der Waals surface area contributed by atoms with E-state index in [0.29, 0.717) is 6.04 Å². The second-order valence-corrected chi connectivity index (χ2v) is 6.19. The zero-order chi connectivity index (χ0) is 13.2. The summed E-state index contributed by atoms with van der Waals surface area (Å²) in [5, 5.41) is 5.30. The number of fused-ring (bicyclic) bond motifs is 1. The first kappa shape index (κ1) is 12.9. The molecular formula is C15H20N2OS. The average molecular weight is 276 g/mol. The summed E-state index contributed by atoms with van der Waals surface area (Å²) in [4.78, 5) is 16.0. The molecule has 102 valence electrons. The van der Waals surface area contributed by atoms with E-state index in [9.17, 15) is 4.79 Å². The SMILES string of the molecule is CNC1C(=O)N(C2C=CCCC2)CCc2ccsc21. The van der Waals surface area contributed by atoms with Gasteiger partial charge in [-0.15, -0.1) is 11.3 Å². The molecule has 0 saturated carbocycles. The molecule has 1 aromatic rings. The lowest BCUT2D eigenvalue weighted by atomic mass is 10.0. The van der Waals surface area contributed by atoms with E-state index in [0.717, 1.165) is 25.8 Å². The minimum absolute atomic E-state index is 0.159. The molecule has 0 bridgehead atoms. The van der Waals surface area contributed by atoms with E-state index in [1.54, 1.807) is 11.3 Å². The molecule has 2 unspecified atom stereocenters. The maximum atomic E-state index is 12.8. The highest BCUT2D eigenvalue weighted by molar-refractivity contribution is 7.10. The Morgan fingerprint density at radius 2 is 2.37 bits per heavy atom. The van der Waals surface area contributed by atoms with Crippen LogP contribution in [0.15, 0.2) is 23.6 Å². The fraction of sp³-hybridized carbons (Fsp3) is 0.533. The molecule has 1 aliphatic heterocycles. The lowest BCUT2D eigenvalue weighted by Crippen LogP contribution is -2.44. The third-order valence-electron chi connectivity index (χ3n) is 4.11. The third kappa shape index (κ3) is 2.35. The molecule has 1 aliphatic carbocycles. The maximum Gasteiger partial charge on any atom is 0.245 e. The van der Waals surface area contributed by atoms with Crippen molar-refractivity contribution in [3.05, 3.63) is 34.0 Å². The lowest BCUT2D eigenvalue weighted by molar-refractivity contribution is -0.134. The summed E-state index contributed by atoms with van der Waals surface area (Å²) in [6.07, 6.45) is 8.86. The van der Waals surface area contributed by atoms with Gasteiger partial charge in [-0.05, 0) is 49.7 Å². The smallest absolute Gasteiger partial charge is 0.245 e. The van der Waals surface area contributed by atoms with Gasteiger partial charge in [0.1, 0.15) is 6.04 Å².